The van der Waals surface area contributed by atoms with Gasteiger partial charge >= 0.3 is 0 Å². The first-order valence-corrected chi connectivity index (χ1v) is 12.3. The van der Waals surface area contributed by atoms with Crippen molar-refractivity contribution in [3.8, 4) is 5.75 Å². The summed E-state index contributed by atoms with van der Waals surface area (Å²) in [6.07, 6.45) is 0.229. The molecule has 5 rings (SSSR count). The van der Waals surface area contributed by atoms with E-state index in [0.29, 0.717) is 12.3 Å². The number of anilines is 1. The molecule has 2 saturated heterocycles. The number of ether oxygens (including phenoxy) is 1. The van der Waals surface area contributed by atoms with E-state index in [1.807, 2.05) is 19.1 Å². The maximum atomic E-state index is 13.3. The van der Waals surface area contributed by atoms with Crippen LogP contribution in [0, 0.1) is 0 Å². The van der Waals surface area contributed by atoms with Crippen LogP contribution in [-0.4, -0.2) is 60.4 Å². The number of hydrogen-bond donors (Lipinski definition) is 0. The molecule has 6 nitrogen and oxygen atoms in total. The molecule has 0 aliphatic carbocycles. The van der Waals surface area contributed by atoms with Crippen molar-refractivity contribution in [3.05, 3.63) is 96.1 Å². The molecule has 3 aromatic rings. The molecule has 6 heteroatoms. The van der Waals surface area contributed by atoms with Crippen molar-refractivity contribution in [1.29, 1.82) is 0 Å². The van der Waals surface area contributed by atoms with Gasteiger partial charge in [-0.15, -0.1) is 0 Å². The highest BCUT2D eigenvalue weighted by Gasteiger charge is 2.43. The van der Waals surface area contributed by atoms with Gasteiger partial charge in [0.25, 0.3) is 5.91 Å². The van der Waals surface area contributed by atoms with Gasteiger partial charge in [-0.3, -0.25) is 19.4 Å². The second kappa shape index (κ2) is 10.4. The van der Waals surface area contributed by atoms with Gasteiger partial charge < -0.3 is 4.74 Å². The average molecular weight is 470 g/mol. The predicted octanol–water partition coefficient (Wildman–Crippen LogP) is 4.12. The van der Waals surface area contributed by atoms with Crippen LogP contribution < -0.4 is 9.64 Å². The Labute approximate surface area is 206 Å². The van der Waals surface area contributed by atoms with Crippen molar-refractivity contribution in [3.63, 3.8) is 0 Å². The molecule has 0 bridgehead atoms. The fourth-order valence-corrected chi connectivity index (χ4v) is 5.22. The molecule has 35 heavy (non-hydrogen) atoms. The smallest absolute Gasteiger partial charge is 0.251 e. The number of carbonyl (C=O) groups is 2. The zero-order valence-corrected chi connectivity index (χ0v) is 20.0. The molecule has 0 N–H and O–H groups in total. The lowest BCUT2D eigenvalue weighted by molar-refractivity contribution is -0.123. The third-order valence-electron chi connectivity index (χ3n) is 6.91. The molecule has 2 amide bonds. The van der Waals surface area contributed by atoms with E-state index in [-0.39, 0.29) is 24.3 Å². The first kappa shape index (κ1) is 23.3. The topological polar surface area (TPSA) is 53.1 Å². The van der Waals surface area contributed by atoms with Crippen molar-refractivity contribution in [1.82, 2.24) is 9.80 Å². The Kier molecular flexibility index (Phi) is 6.93. The summed E-state index contributed by atoms with van der Waals surface area (Å²) in [6.45, 7) is 5.65. The number of rotatable bonds is 7. The Morgan fingerprint density at radius 1 is 0.800 bits per heavy atom. The molecule has 3 aromatic carbocycles. The molecule has 2 aliphatic rings. The van der Waals surface area contributed by atoms with E-state index in [2.05, 4.69) is 58.3 Å². The van der Waals surface area contributed by atoms with E-state index in [0.717, 1.165) is 31.9 Å². The van der Waals surface area contributed by atoms with Crippen molar-refractivity contribution < 1.29 is 14.3 Å². The van der Waals surface area contributed by atoms with Crippen LogP contribution in [0.2, 0.25) is 0 Å². The van der Waals surface area contributed by atoms with Gasteiger partial charge in [0.2, 0.25) is 5.91 Å². The van der Waals surface area contributed by atoms with Crippen LogP contribution in [0.1, 0.15) is 30.5 Å². The third kappa shape index (κ3) is 4.85. The monoisotopic (exact) mass is 469 g/mol. The summed E-state index contributed by atoms with van der Waals surface area (Å²) in [4.78, 5) is 32.1. The molecule has 0 radical (unpaired) electrons. The minimum atomic E-state index is -0.400. The van der Waals surface area contributed by atoms with E-state index in [4.69, 9.17) is 4.74 Å². The number of piperazine rings is 1. The minimum Gasteiger partial charge on any atom is -0.494 e. The molecule has 2 fully saturated rings. The van der Waals surface area contributed by atoms with Gasteiger partial charge in [-0.1, -0.05) is 60.7 Å². The standard InChI is InChI=1S/C29H31N3O3/c1-2-35-25-15-13-24(14-16-25)32-27(33)21-26(29(32)34)30-17-19-31(20-18-30)28(22-9-5-3-6-10-22)23-11-7-4-8-12-23/h3-16,26,28H,2,17-21H2,1H3/t26-/m1/s1. The van der Waals surface area contributed by atoms with Gasteiger partial charge in [-0.05, 0) is 42.3 Å². The number of hydrogen-bond acceptors (Lipinski definition) is 5. The molecular formula is C29H31N3O3. The van der Waals surface area contributed by atoms with Crippen LogP contribution in [0.5, 0.6) is 5.75 Å². The zero-order valence-electron chi connectivity index (χ0n) is 20.0. The summed E-state index contributed by atoms with van der Waals surface area (Å²) >= 11 is 0. The minimum absolute atomic E-state index is 0.129. The van der Waals surface area contributed by atoms with E-state index in [1.165, 1.54) is 16.0 Å². The Balaban J connectivity index is 1.28. The van der Waals surface area contributed by atoms with Crippen molar-refractivity contribution in [2.75, 3.05) is 37.7 Å². The van der Waals surface area contributed by atoms with Crippen LogP contribution in [0.25, 0.3) is 0 Å². The summed E-state index contributed by atoms with van der Waals surface area (Å²) in [5.41, 5.74) is 3.14. The van der Waals surface area contributed by atoms with Crippen molar-refractivity contribution >= 4 is 17.5 Å². The van der Waals surface area contributed by atoms with E-state index in [1.54, 1.807) is 24.3 Å². The molecular weight excluding hydrogens is 438 g/mol. The lowest BCUT2D eigenvalue weighted by atomic mass is 9.96. The molecule has 180 valence electrons. The largest absolute Gasteiger partial charge is 0.494 e. The summed E-state index contributed by atoms with van der Waals surface area (Å²) in [7, 11) is 0. The first-order valence-electron chi connectivity index (χ1n) is 12.3. The van der Waals surface area contributed by atoms with Gasteiger partial charge in [0, 0.05) is 26.2 Å². The molecule has 0 saturated carbocycles. The first-order chi connectivity index (χ1) is 17.2. The third-order valence-corrected chi connectivity index (χ3v) is 6.91. The van der Waals surface area contributed by atoms with Gasteiger partial charge in [0.1, 0.15) is 5.75 Å². The Bertz CT molecular complexity index is 1100. The van der Waals surface area contributed by atoms with Crippen LogP contribution in [0.15, 0.2) is 84.9 Å². The van der Waals surface area contributed by atoms with Crippen LogP contribution >= 0.6 is 0 Å². The Morgan fingerprint density at radius 2 is 1.37 bits per heavy atom. The molecule has 1 atom stereocenters. The zero-order chi connectivity index (χ0) is 24.2. The number of carbonyl (C=O) groups excluding carboxylic acids is 2. The maximum absolute atomic E-state index is 13.3. The van der Waals surface area contributed by atoms with E-state index in [9.17, 15) is 9.59 Å². The molecule has 2 heterocycles. The molecule has 0 spiro atoms. The van der Waals surface area contributed by atoms with Gasteiger partial charge in [0.15, 0.2) is 0 Å². The van der Waals surface area contributed by atoms with Gasteiger partial charge in [-0.2, -0.15) is 0 Å². The quantitative estimate of drug-likeness (QED) is 0.487. The summed E-state index contributed by atoms with van der Waals surface area (Å²) in [5, 5.41) is 0. The van der Waals surface area contributed by atoms with E-state index < -0.39 is 6.04 Å². The number of nitrogens with zero attached hydrogens (tertiary/aromatic N) is 3. The van der Waals surface area contributed by atoms with Gasteiger partial charge in [0.05, 0.1) is 30.8 Å². The summed E-state index contributed by atoms with van der Waals surface area (Å²) in [6, 6.07) is 28.1. The highest BCUT2D eigenvalue weighted by atomic mass is 16.5. The number of imide groups is 1. The van der Waals surface area contributed by atoms with Crippen LogP contribution in [-0.2, 0) is 9.59 Å². The summed E-state index contributed by atoms with van der Waals surface area (Å²) < 4.78 is 5.49. The second-order valence-electron chi connectivity index (χ2n) is 9.01. The van der Waals surface area contributed by atoms with E-state index >= 15 is 0 Å². The number of benzene rings is 3. The van der Waals surface area contributed by atoms with Crippen molar-refractivity contribution in [2.24, 2.45) is 0 Å². The van der Waals surface area contributed by atoms with Crippen LogP contribution in [0.4, 0.5) is 5.69 Å². The lowest BCUT2D eigenvalue weighted by Crippen LogP contribution is -2.53. The Morgan fingerprint density at radius 3 is 1.91 bits per heavy atom. The fourth-order valence-electron chi connectivity index (χ4n) is 5.22. The molecule has 2 aliphatic heterocycles. The second-order valence-corrected chi connectivity index (χ2v) is 9.01. The highest BCUT2D eigenvalue weighted by Crippen LogP contribution is 2.32. The SMILES string of the molecule is CCOc1ccc(N2C(=O)C[C@@H](N3CCN(C(c4ccccc4)c4ccccc4)CC3)C2=O)cc1. The highest BCUT2D eigenvalue weighted by molar-refractivity contribution is 6.22. The Hall–Kier alpha value is -3.48. The van der Waals surface area contributed by atoms with Crippen molar-refractivity contribution in [2.45, 2.75) is 25.4 Å². The van der Waals surface area contributed by atoms with Gasteiger partial charge in [-0.25, -0.2) is 4.90 Å². The van der Waals surface area contributed by atoms with Crippen LogP contribution in [0.3, 0.4) is 0 Å². The average Bonchev–Trinajstić information content (AvgIpc) is 3.20. The molecule has 0 unspecified atom stereocenters. The summed E-state index contributed by atoms with van der Waals surface area (Å²) in [5.74, 6) is 0.461. The predicted molar refractivity (Wildman–Crippen MR) is 136 cm³/mol. The normalized spacial score (nSPS) is 19.5. The fraction of sp³-hybridized carbons (Fsp3) is 0.310. The molecule has 0 aromatic heterocycles. The lowest BCUT2D eigenvalue weighted by Gasteiger charge is -2.41. The number of amides is 2. The maximum Gasteiger partial charge on any atom is 0.251 e.